The third-order valence-electron chi connectivity index (χ3n) is 5.05. The first-order valence-corrected chi connectivity index (χ1v) is 11.8. The Morgan fingerprint density at radius 3 is 2.93 bits per heavy atom. The number of nitrogens with zero attached hydrogens (tertiary/aromatic N) is 2. The molecule has 0 spiro atoms. The lowest BCUT2D eigenvalue weighted by atomic mass is 10.2. The predicted molar refractivity (Wildman–Crippen MR) is 122 cm³/mol. The predicted octanol–water partition coefficient (Wildman–Crippen LogP) is 5.15. The minimum Gasteiger partial charge on any atom is -0.349 e. The van der Waals surface area contributed by atoms with Gasteiger partial charge in [-0.1, -0.05) is 23.7 Å². The lowest BCUT2D eigenvalue weighted by Crippen LogP contribution is -2.47. The van der Waals surface area contributed by atoms with Gasteiger partial charge < -0.3 is 15.5 Å². The van der Waals surface area contributed by atoms with Gasteiger partial charge in [0.2, 0.25) is 5.91 Å². The SMILES string of the molecule is Cc1c(Cl)cccc1NC(=O)N1CCCC1C(=O)NCc1csc(-c2cccs2)n1. The average molecular weight is 461 g/mol. The molecule has 4 rings (SSSR count). The summed E-state index contributed by atoms with van der Waals surface area (Å²) in [4.78, 5) is 32.8. The molecule has 1 unspecified atom stereocenters. The molecule has 1 aliphatic heterocycles. The Labute approximate surface area is 187 Å². The van der Waals surface area contributed by atoms with Crippen molar-refractivity contribution in [1.29, 1.82) is 0 Å². The standard InChI is InChI=1S/C21H21ClN4O2S2/c1-13-15(22)5-2-6-16(13)25-21(28)26-9-3-7-17(26)19(27)23-11-14-12-30-20(24-14)18-8-4-10-29-18/h2,4-6,8,10,12,17H,3,7,9,11H2,1H3,(H,23,27)(H,25,28). The normalized spacial score (nSPS) is 15.9. The Kier molecular flexibility index (Phi) is 6.36. The summed E-state index contributed by atoms with van der Waals surface area (Å²) in [5.74, 6) is -0.156. The van der Waals surface area contributed by atoms with Gasteiger partial charge in [0.1, 0.15) is 11.0 Å². The van der Waals surface area contributed by atoms with Gasteiger partial charge in [-0.05, 0) is 48.9 Å². The van der Waals surface area contributed by atoms with Crippen molar-refractivity contribution in [2.45, 2.75) is 32.4 Å². The van der Waals surface area contributed by atoms with E-state index >= 15 is 0 Å². The van der Waals surface area contributed by atoms with Crippen LogP contribution in [0.25, 0.3) is 9.88 Å². The van der Waals surface area contributed by atoms with Crippen LogP contribution in [0, 0.1) is 6.92 Å². The van der Waals surface area contributed by atoms with E-state index in [-0.39, 0.29) is 11.9 Å². The van der Waals surface area contributed by atoms with Crippen LogP contribution in [-0.4, -0.2) is 34.4 Å². The average Bonchev–Trinajstić information content (AvgIpc) is 3.50. The molecule has 3 aromatic rings. The number of carbonyl (C=O) groups excluding carboxylic acids is 2. The third-order valence-corrected chi connectivity index (χ3v) is 7.39. The lowest BCUT2D eigenvalue weighted by molar-refractivity contribution is -0.124. The van der Waals surface area contributed by atoms with Crippen molar-refractivity contribution in [2.24, 2.45) is 0 Å². The van der Waals surface area contributed by atoms with Crippen molar-refractivity contribution in [3.63, 3.8) is 0 Å². The van der Waals surface area contributed by atoms with E-state index in [1.165, 1.54) is 0 Å². The minimum absolute atomic E-state index is 0.156. The second kappa shape index (κ2) is 9.16. The van der Waals surface area contributed by atoms with Gasteiger partial charge in [-0.3, -0.25) is 4.79 Å². The number of hydrogen-bond donors (Lipinski definition) is 2. The molecule has 1 saturated heterocycles. The van der Waals surface area contributed by atoms with E-state index in [1.54, 1.807) is 45.8 Å². The molecule has 1 aromatic carbocycles. The van der Waals surface area contributed by atoms with Crippen molar-refractivity contribution >= 4 is 51.9 Å². The topological polar surface area (TPSA) is 74.3 Å². The molecule has 0 radical (unpaired) electrons. The third kappa shape index (κ3) is 4.50. The maximum atomic E-state index is 12.8. The fraction of sp³-hybridized carbons (Fsp3) is 0.286. The molecule has 2 aromatic heterocycles. The van der Waals surface area contributed by atoms with Crippen LogP contribution in [0.3, 0.4) is 0 Å². The van der Waals surface area contributed by atoms with E-state index in [9.17, 15) is 9.59 Å². The van der Waals surface area contributed by atoms with Crippen LogP contribution in [0.15, 0.2) is 41.1 Å². The number of amides is 3. The largest absolute Gasteiger partial charge is 0.349 e. The number of hydrogen-bond acceptors (Lipinski definition) is 5. The first-order valence-electron chi connectivity index (χ1n) is 9.61. The van der Waals surface area contributed by atoms with Crippen LogP contribution < -0.4 is 10.6 Å². The van der Waals surface area contributed by atoms with E-state index in [4.69, 9.17) is 11.6 Å². The fourth-order valence-electron chi connectivity index (χ4n) is 3.41. The highest BCUT2D eigenvalue weighted by Gasteiger charge is 2.34. The molecular weight excluding hydrogens is 440 g/mol. The van der Waals surface area contributed by atoms with Gasteiger partial charge in [-0.25, -0.2) is 9.78 Å². The maximum absolute atomic E-state index is 12.8. The van der Waals surface area contributed by atoms with Crippen LogP contribution in [0.4, 0.5) is 10.5 Å². The van der Waals surface area contributed by atoms with Crippen LogP contribution >= 0.6 is 34.3 Å². The van der Waals surface area contributed by atoms with Crippen LogP contribution in [-0.2, 0) is 11.3 Å². The Balaban J connectivity index is 1.36. The number of carbonyl (C=O) groups is 2. The molecule has 30 heavy (non-hydrogen) atoms. The zero-order chi connectivity index (χ0) is 21.1. The summed E-state index contributed by atoms with van der Waals surface area (Å²) in [5, 5.41) is 11.3. The second-order valence-electron chi connectivity index (χ2n) is 7.03. The highest BCUT2D eigenvalue weighted by Crippen LogP contribution is 2.28. The molecule has 6 nitrogen and oxygen atoms in total. The quantitative estimate of drug-likeness (QED) is 0.553. The summed E-state index contributed by atoms with van der Waals surface area (Å²) >= 11 is 9.34. The fourth-order valence-corrected chi connectivity index (χ4v) is 5.22. The number of halogens is 1. The summed E-state index contributed by atoms with van der Waals surface area (Å²) in [6, 6.07) is 8.62. The Morgan fingerprint density at radius 2 is 2.13 bits per heavy atom. The molecular formula is C21H21ClN4O2S2. The lowest BCUT2D eigenvalue weighted by Gasteiger charge is -2.24. The van der Waals surface area contributed by atoms with Gasteiger partial charge in [0.25, 0.3) is 0 Å². The number of anilines is 1. The molecule has 0 bridgehead atoms. The summed E-state index contributed by atoms with van der Waals surface area (Å²) < 4.78 is 0. The van der Waals surface area contributed by atoms with Crippen LogP contribution in [0.2, 0.25) is 5.02 Å². The number of nitrogens with one attached hydrogen (secondary N) is 2. The second-order valence-corrected chi connectivity index (χ2v) is 9.25. The number of urea groups is 1. The number of thiophene rings is 1. The van der Waals surface area contributed by atoms with Crippen molar-refractivity contribution in [2.75, 3.05) is 11.9 Å². The van der Waals surface area contributed by atoms with Gasteiger partial charge in [0.05, 0.1) is 17.1 Å². The molecule has 1 atom stereocenters. The molecule has 1 fully saturated rings. The Morgan fingerprint density at radius 1 is 1.27 bits per heavy atom. The van der Waals surface area contributed by atoms with Crippen molar-refractivity contribution in [3.8, 4) is 9.88 Å². The first kappa shape index (κ1) is 20.8. The van der Waals surface area contributed by atoms with Crippen LogP contribution in [0.1, 0.15) is 24.1 Å². The van der Waals surface area contributed by atoms with E-state index in [0.29, 0.717) is 30.2 Å². The molecule has 1 aliphatic rings. The van der Waals surface area contributed by atoms with Gasteiger partial charge >= 0.3 is 6.03 Å². The highest BCUT2D eigenvalue weighted by molar-refractivity contribution is 7.20. The number of thiazole rings is 1. The minimum atomic E-state index is -0.486. The van der Waals surface area contributed by atoms with Gasteiger partial charge in [-0.2, -0.15) is 0 Å². The number of rotatable bonds is 5. The molecule has 0 saturated carbocycles. The number of likely N-dealkylation sites (tertiary alicyclic amines) is 1. The summed E-state index contributed by atoms with van der Waals surface area (Å²) in [6.45, 7) is 2.74. The molecule has 0 aliphatic carbocycles. The smallest absolute Gasteiger partial charge is 0.322 e. The van der Waals surface area contributed by atoms with E-state index < -0.39 is 6.04 Å². The zero-order valence-corrected chi connectivity index (χ0v) is 18.7. The zero-order valence-electron chi connectivity index (χ0n) is 16.4. The molecule has 156 valence electrons. The Hall–Kier alpha value is -2.42. The number of aromatic nitrogens is 1. The Bertz CT molecular complexity index is 1050. The van der Waals surface area contributed by atoms with Crippen molar-refractivity contribution in [3.05, 3.63) is 57.4 Å². The molecule has 9 heteroatoms. The molecule has 2 N–H and O–H groups in total. The van der Waals surface area contributed by atoms with E-state index in [2.05, 4.69) is 15.6 Å². The van der Waals surface area contributed by atoms with E-state index in [0.717, 1.165) is 27.6 Å². The van der Waals surface area contributed by atoms with Crippen molar-refractivity contribution < 1.29 is 9.59 Å². The van der Waals surface area contributed by atoms with Crippen molar-refractivity contribution in [1.82, 2.24) is 15.2 Å². The van der Waals surface area contributed by atoms with Gasteiger partial charge in [0.15, 0.2) is 0 Å². The van der Waals surface area contributed by atoms with Crippen LogP contribution in [0.5, 0.6) is 0 Å². The maximum Gasteiger partial charge on any atom is 0.322 e. The summed E-state index contributed by atoms with van der Waals surface area (Å²) in [6.07, 6.45) is 1.44. The monoisotopic (exact) mass is 460 g/mol. The van der Waals surface area contributed by atoms with Gasteiger partial charge in [0, 0.05) is 22.6 Å². The number of benzene rings is 1. The van der Waals surface area contributed by atoms with Gasteiger partial charge in [-0.15, -0.1) is 22.7 Å². The molecule has 3 amide bonds. The van der Waals surface area contributed by atoms with E-state index in [1.807, 2.05) is 29.8 Å². The summed E-state index contributed by atoms with van der Waals surface area (Å²) in [5.41, 5.74) is 2.28. The molecule has 3 heterocycles. The highest BCUT2D eigenvalue weighted by atomic mass is 35.5. The first-order chi connectivity index (χ1) is 14.5. The summed E-state index contributed by atoms with van der Waals surface area (Å²) in [7, 11) is 0.